The molecular weight excluding hydrogens is 334 g/mol. The molecule has 0 unspecified atom stereocenters. The van der Waals surface area contributed by atoms with Crippen LogP contribution in [0.1, 0.15) is 18.4 Å². The highest BCUT2D eigenvalue weighted by Gasteiger charge is 2.25. The van der Waals surface area contributed by atoms with Gasteiger partial charge in [0.2, 0.25) is 0 Å². The van der Waals surface area contributed by atoms with Crippen molar-refractivity contribution in [1.29, 1.82) is 0 Å². The molecule has 7 nitrogen and oxygen atoms in total. The third-order valence-corrected chi connectivity index (χ3v) is 5.08. The second kappa shape index (κ2) is 7.69. The van der Waals surface area contributed by atoms with Crippen LogP contribution in [0.15, 0.2) is 18.2 Å². The van der Waals surface area contributed by atoms with Gasteiger partial charge in [-0.15, -0.1) is 0 Å². The van der Waals surface area contributed by atoms with E-state index in [2.05, 4.69) is 5.32 Å². The van der Waals surface area contributed by atoms with Gasteiger partial charge in [0.1, 0.15) is 6.10 Å². The van der Waals surface area contributed by atoms with Gasteiger partial charge in [0, 0.05) is 5.92 Å². The molecule has 0 aromatic heterocycles. The van der Waals surface area contributed by atoms with Crippen molar-refractivity contribution in [2.45, 2.75) is 25.4 Å². The van der Waals surface area contributed by atoms with Gasteiger partial charge in [-0.3, -0.25) is 0 Å². The van der Waals surface area contributed by atoms with Crippen LogP contribution < -0.4 is 14.8 Å². The molecule has 3 rings (SSSR count). The van der Waals surface area contributed by atoms with Gasteiger partial charge in [-0.2, -0.15) is 8.42 Å². The Balaban J connectivity index is 1.63. The zero-order valence-corrected chi connectivity index (χ0v) is 14.5. The van der Waals surface area contributed by atoms with Crippen LogP contribution in [0.4, 0.5) is 0 Å². The molecule has 1 aromatic rings. The number of benzene rings is 1. The standard InChI is InChI=1S/C16H23NO6S/c1-20-16-9-12(8-13-10-21-24(18,19)22-11-13)2-3-15(16)23-14-4-6-17-7-5-14/h2-3,9,13-14,17H,4-8,10-11H2,1H3. The Kier molecular flexibility index (Phi) is 5.60. The van der Waals surface area contributed by atoms with Gasteiger partial charge in [0.25, 0.3) is 0 Å². The van der Waals surface area contributed by atoms with Crippen LogP contribution in [0, 0.1) is 5.92 Å². The molecule has 2 saturated heterocycles. The number of piperidine rings is 1. The second-order valence-electron chi connectivity index (χ2n) is 6.10. The fourth-order valence-corrected chi connectivity index (χ4v) is 3.71. The molecule has 0 radical (unpaired) electrons. The fraction of sp³-hybridized carbons (Fsp3) is 0.625. The van der Waals surface area contributed by atoms with Gasteiger partial charge in [-0.25, -0.2) is 8.37 Å². The predicted molar refractivity (Wildman–Crippen MR) is 87.5 cm³/mol. The Bertz CT molecular complexity index is 643. The summed E-state index contributed by atoms with van der Waals surface area (Å²) in [5.74, 6) is 1.43. The summed E-state index contributed by atoms with van der Waals surface area (Å²) in [5.41, 5.74) is 1.03. The first-order chi connectivity index (χ1) is 11.6. The quantitative estimate of drug-likeness (QED) is 0.850. The lowest BCUT2D eigenvalue weighted by Crippen LogP contribution is -2.34. The molecule has 2 aliphatic heterocycles. The molecule has 0 amide bonds. The molecule has 1 aromatic carbocycles. The van der Waals surface area contributed by atoms with E-state index in [-0.39, 0.29) is 25.2 Å². The van der Waals surface area contributed by atoms with E-state index < -0.39 is 10.4 Å². The van der Waals surface area contributed by atoms with Crippen LogP contribution in [0.5, 0.6) is 11.5 Å². The summed E-state index contributed by atoms with van der Waals surface area (Å²) >= 11 is 0. The monoisotopic (exact) mass is 357 g/mol. The molecule has 2 fully saturated rings. The van der Waals surface area contributed by atoms with Crippen molar-refractivity contribution >= 4 is 10.4 Å². The minimum atomic E-state index is -3.79. The van der Waals surface area contributed by atoms with E-state index in [1.54, 1.807) is 7.11 Å². The van der Waals surface area contributed by atoms with E-state index in [1.165, 1.54) is 0 Å². The maximum Gasteiger partial charge on any atom is 0.399 e. The number of rotatable bonds is 5. The normalized spacial score (nSPS) is 22.2. The highest BCUT2D eigenvalue weighted by atomic mass is 32.3. The number of ether oxygens (including phenoxy) is 2. The van der Waals surface area contributed by atoms with Crippen molar-refractivity contribution in [3.8, 4) is 11.5 Å². The Morgan fingerprint density at radius 2 is 1.88 bits per heavy atom. The van der Waals surface area contributed by atoms with Crippen LogP contribution in [0.2, 0.25) is 0 Å². The third-order valence-electron chi connectivity index (χ3n) is 4.23. The lowest BCUT2D eigenvalue weighted by molar-refractivity contribution is 0.103. The van der Waals surface area contributed by atoms with Crippen molar-refractivity contribution in [2.75, 3.05) is 33.4 Å². The van der Waals surface area contributed by atoms with Gasteiger partial charge < -0.3 is 14.8 Å². The minimum absolute atomic E-state index is 0.00517. The second-order valence-corrected chi connectivity index (χ2v) is 7.39. The van der Waals surface area contributed by atoms with Gasteiger partial charge >= 0.3 is 10.4 Å². The average Bonchev–Trinajstić information content (AvgIpc) is 2.59. The summed E-state index contributed by atoms with van der Waals surface area (Å²) < 4.78 is 43.1. The number of hydrogen-bond acceptors (Lipinski definition) is 7. The summed E-state index contributed by atoms with van der Waals surface area (Å²) in [6, 6.07) is 5.82. The van der Waals surface area contributed by atoms with E-state index in [0.29, 0.717) is 12.2 Å². The van der Waals surface area contributed by atoms with Crippen molar-refractivity contribution < 1.29 is 26.3 Å². The van der Waals surface area contributed by atoms with E-state index in [1.807, 2.05) is 18.2 Å². The van der Waals surface area contributed by atoms with Crippen LogP contribution in [0.25, 0.3) is 0 Å². The summed E-state index contributed by atoms with van der Waals surface area (Å²) in [6.45, 7) is 2.21. The molecule has 2 aliphatic rings. The number of hydrogen-bond donors (Lipinski definition) is 1. The Labute approximate surface area is 142 Å². The van der Waals surface area contributed by atoms with E-state index in [0.717, 1.165) is 37.2 Å². The molecule has 24 heavy (non-hydrogen) atoms. The SMILES string of the molecule is COc1cc(CC2COS(=O)(=O)OC2)ccc1OC1CCNCC1. The lowest BCUT2D eigenvalue weighted by Gasteiger charge is -2.25. The lowest BCUT2D eigenvalue weighted by atomic mass is 10.0. The molecule has 8 heteroatoms. The van der Waals surface area contributed by atoms with Crippen LogP contribution in [-0.4, -0.2) is 47.9 Å². The Morgan fingerprint density at radius 3 is 2.54 bits per heavy atom. The van der Waals surface area contributed by atoms with Gasteiger partial charge in [-0.05, 0) is 50.0 Å². The maximum atomic E-state index is 11.1. The van der Waals surface area contributed by atoms with Crippen LogP contribution >= 0.6 is 0 Å². The van der Waals surface area contributed by atoms with Crippen molar-refractivity contribution in [1.82, 2.24) is 5.32 Å². The van der Waals surface area contributed by atoms with Crippen LogP contribution in [0.3, 0.4) is 0 Å². The highest BCUT2D eigenvalue weighted by molar-refractivity contribution is 7.81. The third kappa shape index (κ3) is 4.60. The van der Waals surface area contributed by atoms with Gasteiger partial charge in [0.05, 0.1) is 20.3 Å². The average molecular weight is 357 g/mol. The summed E-state index contributed by atoms with van der Waals surface area (Å²) in [4.78, 5) is 0. The summed E-state index contributed by atoms with van der Waals surface area (Å²) in [5, 5.41) is 3.31. The number of nitrogens with one attached hydrogen (secondary N) is 1. The largest absolute Gasteiger partial charge is 0.493 e. The van der Waals surface area contributed by atoms with Gasteiger partial charge in [0.15, 0.2) is 11.5 Å². The first-order valence-electron chi connectivity index (χ1n) is 8.14. The molecule has 2 heterocycles. The van der Waals surface area contributed by atoms with Crippen molar-refractivity contribution in [3.63, 3.8) is 0 Å². The molecular formula is C16H23NO6S. The molecule has 0 spiro atoms. The van der Waals surface area contributed by atoms with E-state index >= 15 is 0 Å². The Hall–Kier alpha value is -1.35. The maximum absolute atomic E-state index is 11.1. The number of methoxy groups -OCH3 is 1. The van der Waals surface area contributed by atoms with Crippen molar-refractivity contribution in [2.24, 2.45) is 5.92 Å². The Morgan fingerprint density at radius 1 is 1.17 bits per heavy atom. The zero-order valence-electron chi connectivity index (χ0n) is 13.7. The van der Waals surface area contributed by atoms with Gasteiger partial charge in [-0.1, -0.05) is 6.07 Å². The summed E-state index contributed by atoms with van der Waals surface area (Å²) in [7, 11) is -2.17. The predicted octanol–water partition coefficient (Wildman–Crippen LogP) is 1.28. The van der Waals surface area contributed by atoms with Crippen LogP contribution in [-0.2, 0) is 25.2 Å². The highest BCUT2D eigenvalue weighted by Crippen LogP contribution is 2.31. The molecule has 0 bridgehead atoms. The zero-order chi connectivity index (χ0) is 17.0. The van der Waals surface area contributed by atoms with Crippen molar-refractivity contribution in [3.05, 3.63) is 23.8 Å². The minimum Gasteiger partial charge on any atom is -0.493 e. The van der Waals surface area contributed by atoms with E-state index in [9.17, 15) is 8.42 Å². The molecule has 0 aliphatic carbocycles. The smallest absolute Gasteiger partial charge is 0.399 e. The molecule has 134 valence electrons. The first-order valence-corrected chi connectivity index (χ1v) is 9.47. The molecule has 1 N–H and O–H groups in total. The first kappa shape index (κ1) is 17.5. The topological polar surface area (TPSA) is 83.1 Å². The fourth-order valence-electron chi connectivity index (χ4n) is 2.92. The summed E-state index contributed by atoms with van der Waals surface area (Å²) in [6.07, 6.45) is 2.82. The molecule has 0 atom stereocenters. The van der Waals surface area contributed by atoms with E-state index in [4.69, 9.17) is 17.8 Å². The molecule has 0 saturated carbocycles.